The molecule has 166 valence electrons. The van der Waals surface area contributed by atoms with Crippen molar-refractivity contribution in [2.45, 2.75) is 4.90 Å². The summed E-state index contributed by atoms with van der Waals surface area (Å²) >= 11 is 0. The average Bonchev–Trinajstić information content (AvgIpc) is 2.80. The molecule has 0 amide bonds. The van der Waals surface area contributed by atoms with Gasteiger partial charge in [0.2, 0.25) is 0 Å². The number of hydrogen-bond acceptors (Lipinski definition) is 8. The highest BCUT2D eigenvalue weighted by atomic mass is 32.2. The monoisotopic (exact) mass is 454 g/mol. The number of non-ortho nitro benzene ring substituents is 1. The van der Waals surface area contributed by atoms with Gasteiger partial charge >= 0.3 is 0 Å². The van der Waals surface area contributed by atoms with Crippen molar-refractivity contribution in [3.8, 4) is 11.3 Å². The van der Waals surface area contributed by atoms with Crippen molar-refractivity contribution in [2.75, 3.05) is 42.8 Å². The van der Waals surface area contributed by atoms with Gasteiger partial charge in [-0.25, -0.2) is 8.42 Å². The molecule has 2 heterocycles. The van der Waals surface area contributed by atoms with E-state index in [1.165, 1.54) is 18.2 Å². The predicted octanol–water partition coefficient (Wildman–Crippen LogP) is 2.60. The van der Waals surface area contributed by atoms with Crippen LogP contribution in [-0.2, 0) is 10.0 Å². The Kier molecular flexibility index (Phi) is 6.01. The molecular formula is C21H22N6O4S. The summed E-state index contributed by atoms with van der Waals surface area (Å²) < 4.78 is 27.6. The first-order valence-electron chi connectivity index (χ1n) is 9.97. The molecule has 32 heavy (non-hydrogen) atoms. The summed E-state index contributed by atoms with van der Waals surface area (Å²) in [5.74, 6) is 0.836. The molecule has 1 aliphatic rings. The van der Waals surface area contributed by atoms with E-state index in [-0.39, 0.29) is 10.6 Å². The molecule has 1 N–H and O–H groups in total. The van der Waals surface area contributed by atoms with Crippen LogP contribution in [0.5, 0.6) is 0 Å². The fraction of sp³-hybridized carbons (Fsp3) is 0.238. The number of nitro groups is 1. The zero-order valence-electron chi connectivity index (χ0n) is 17.4. The van der Waals surface area contributed by atoms with E-state index in [2.05, 4.69) is 31.8 Å². The molecule has 0 unspecified atom stereocenters. The molecule has 0 radical (unpaired) electrons. The van der Waals surface area contributed by atoms with E-state index in [9.17, 15) is 18.5 Å². The largest absolute Gasteiger partial charge is 0.353 e. The van der Waals surface area contributed by atoms with Crippen LogP contribution >= 0.6 is 0 Å². The molecule has 0 bridgehead atoms. The van der Waals surface area contributed by atoms with Crippen molar-refractivity contribution >= 4 is 27.2 Å². The molecule has 2 aromatic carbocycles. The van der Waals surface area contributed by atoms with Crippen LogP contribution in [0.4, 0.5) is 17.2 Å². The second-order valence-corrected chi connectivity index (χ2v) is 9.19. The summed E-state index contributed by atoms with van der Waals surface area (Å²) in [7, 11) is -1.86. The van der Waals surface area contributed by atoms with Gasteiger partial charge in [0, 0.05) is 49.6 Å². The first-order chi connectivity index (χ1) is 15.3. The number of nitro benzene ring substituents is 1. The first kappa shape index (κ1) is 21.7. The molecule has 0 spiro atoms. The van der Waals surface area contributed by atoms with Crippen LogP contribution in [0.1, 0.15) is 0 Å². The minimum Gasteiger partial charge on any atom is -0.353 e. The van der Waals surface area contributed by atoms with Crippen LogP contribution in [0.25, 0.3) is 11.3 Å². The molecule has 3 aromatic rings. The average molecular weight is 455 g/mol. The van der Waals surface area contributed by atoms with E-state index in [1.807, 2.05) is 12.1 Å². The number of aromatic nitrogens is 2. The van der Waals surface area contributed by atoms with Gasteiger partial charge in [-0.3, -0.25) is 14.8 Å². The molecule has 1 saturated heterocycles. The van der Waals surface area contributed by atoms with Gasteiger partial charge in [0.1, 0.15) is 0 Å². The van der Waals surface area contributed by atoms with Crippen LogP contribution in [-0.4, -0.2) is 61.7 Å². The van der Waals surface area contributed by atoms with Gasteiger partial charge in [0.05, 0.1) is 15.5 Å². The molecular weight excluding hydrogens is 432 g/mol. The van der Waals surface area contributed by atoms with E-state index in [0.29, 0.717) is 11.4 Å². The molecule has 1 fully saturated rings. The Balaban J connectivity index is 1.46. The molecule has 1 aliphatic heterocycles. The summed E-state index contributed by atoms with van der Waals surface area (Å²) in [6.07, 6.45) is 0. The van der Waals surface area contributed by atoms with Gasteiger partial charge in [-0.05, 0) is 37.4 Å². The number of rotatable bonds is 6. The quantitative estimate of drug-likeness (QED) is 0.446. The number of piperazine rings is 1. The summed E-state index contributed by atoms with van der Waals surface area (Å²) in [6.45, 7) is 3.78. The van der Waals surface area contributed by atoms with E-state index < -0.39 is 14.9 Å². The van der Waals surface area contributed by atoms with Gasteiger partial charge in [-0.1, -0.05) is 18.2 Å². The van der Waals surface area contributed by atoms with Crippen LogP contribution in [0.2, 0.25) is 0 Å². The van der Waals surface area contributed by atoms with Crippen LogP contribution in [0, 0.1) is 10.1 Å². The number of benzene rings is 2. The van der Waals surface area contributed by atoms with Crippen molar-refractivity contribution in [1.29, 1.82) is 0 Å². The van der Waals surface area contributed by atoms with Crippen molar-refractivity contribution in [3.63, 3.8) is 0 Å². The summed E-state index contributed by atoms with van der Waals surface area (Å²) in [6, 6.07) is 15.4. The second kappa shape index (κ2) is 8.89. The molecule has 1 aromatic heterocycles. The molecule has 0 aliphatic carbocycles. The van der Waals surface area contributed by atoms with Crippen LogP contribution in [0.15, 0.2) is 65.6 Å². The highest BCUT2D eigenvalue weighted by Crippen LogP contribution is 2.24. The van der Waals surface area contributed by atoms with Gasteiger partial charge < -0.3 is 9.80 Å². The second-order valence-electron chi connectivity index (χ2n) is 7.50. The van der Waals surface area contributed by atoms with Crippen LogP contribution < -0.4 is 9.62 Å². The summed E-state index contributed by atoms with van der Waals surface area (Å²) in [5.41, 5.74) is 1.51. The van der Waals surface area contributed by atoms with Gasteiger partial charge in [0.25, 0.3) is 15.7 Å². The Bertz CT molecular complexity index is 1210. The van der Waals surface area contributed by atoms with Crippen molar-refractivity contribution in [1.82, 2.24) is 15.1 Å². The predicted molar refractivity (Wildman–Crippen MR) is 121 cm³/mol. The number of sulfonamides is 1. The standard InChI is InChI=1S/C21H22N6O4S/c1-25-11-13-26(14-12-25)21-10-9-20(22-23-21)16-5-7-17(8-6-16)24-32(30,31)19-4-2-3-18(15-19)27(28)29/h2-10,15,24H,11-14H2,1H3. The Labute approximate surface area is 185 Å². The van der Waals surface area contributed by atoms with E-state index in [4.69, 9.17) is 0 Å². The van der Waals surface area contributed by atoms with Gasteiger partial charge in [0.15, 0.2) is 5.82 Å². The fourth-order valence-corrected chi connectivity index (χ4v) is 4.47. The lowest BCUT2D eigenvalue weighted by atomic mass is 10.1. The Hall–Kier alpha value is -3.57. The third kappa shape index (κ3) is 4.84. The topological polar surface area (TPSA) is 122 Å². The van der Waals surface area contributed by atoms with Gasteiger partial charge in [-0.2, -0.15) is 0 Å². The smallest absolute Gasteiger partial charge is 0.270 e. The van der Waals surface area contributed by atoms with Crippen LogP contribution in [0.3, 0.4) is 0 Å². The lowest BCUT2D eigenvalue weighted by molar-refractivity contribution is -0.385. The lowest BCUT2D eigenvalue weighted by Crippen LogP contribution is -2.44. The molecule has 10 nitrogen and oxygen atoms in total. The van der Waals surface area contributed by atoms with E-state index in [1.54, 1.807) is 24.3 Å². The Morgan fingerprint density at radius 1 is 0.969 bits per heavy atom. The SMILES string of the molecule is CN1CCN(c2ccc(-c3ccc(NS(=O)(=O)c4cccc([N+](=O)[O-])c4)cc3)nn2)CC1. The zero-order valence-corrected chi connectivity index (χ0v) is 18.2. The Morgan fingerprint density at radius 3 is 2.31 bits per heavy atom. The highest BCUT2D eigenvalue weighted by Gasteiger charge is 2.18. The minimum absolute atomic E-state index is 0.180. The van der Waals surface area contributed by atoms with E-state index >= 15 is 0 Å². The molecule has 11 heteroatoms. The summed E-state index contributed by atoms with van der Waals surface area (Å²) in [5, 5.41) is 19.6. The molecule has 4 rings (SSSR count). The summed E-state index contributed by atoms with van der Waals surface area (Å²) in [4.78, 5) is 14.6. The number of nitrogens with one attached hydrogen (secondary N) is 1. The van der Waals surface area contributed by atoms with Crippen molar-refractivity contribution in [2.24, 2.45) is 0 Å². The number of hydrogen-bond donors (Lipinski definition) is 1. The normalized spacial score (nSPS) is 14.8. The maximum Gasteiger partial charge on any atom is 0.270 e. The maximum atomic E-state index is 12.6. The lowest BCUT2D eigenvalue weighted by Gasteiger charge is -2.32. The third-order valence-corrected chi connectivity index (χ3v) is 6.63. The third-order valence-electron chi connectivity index (χ3n) is 5.25. The zero-order chi connectivity index (χ0) is 22.7. The van der Waals surface area contributed by atoms with Crippen molar-refractivity contribution in [3.05, 3.63) is 70.8 Å². The number of anilines is 2. The van der Waals surface area contributed by atoms with Gasteiger partial charge in [-0.15, -0.1) is 10.2 Å². The Morgan fingerprint density at radius 2 is 1.69 bits per heavy atom. The molecule has 0 saturated carbocycles. The minimum atomic E-state index is -3.96. The van der Waals surface area contributed by atoms with E-state index in [0.717, 1.165) is 43.6 Å². The molecule has 0 atom stereocenters. The van der Waals surface area contributed by atoms with Crippen molar-refractivity contribution < 1.29 is 13.3 Å². The first-order valence-corrected chi connectivity index (χ1v) is 11.4. The maximum absolute atomic E-state index is 12.6. The number of likely N-dealkylation sites (N-methyl/N-ethyl adjacent to an activating group) is 1. The number of nitrogens with zero attached hydrogens (tertiary/aromatic N) is 5. The highest BCUT2D eigenvalue weighted by molar-refractivity contribution is 7.92. The fourth-order valence-electron chi connectivity index (χ4n) is 3.37.